The molecule has 78 valence electrons. The Morgan fingerprint density at radius 3 is 2.93 bits per heavy atom. The lowest BCUT2D eigenvalue weighted by atomic mass is 10.5. The molecule has 0 unspecified atom stereocenters. The van der Waals surface area contributed by atoms with Crippen LogP contribution in [0.25, 0.3) is 0 Å². The van der Waals surface area contributed by atoms with Crippen molar-refractivity contribution in [2.75, 3.05) is 11.9 Å². The summed E-state index contributed by atoms with van der Waals surface area (Å²) in [6.07, 6.45) is 1.44. The van der Waals surface area contributed by atoms with E-state index in [1.54, 1.807) is 24.9 Å². The van der Waals surface area contributed by atoms with Gasteiger partial charge in [-0.3, -0.25) is 14.7 Å². The number of aromatic nitrogens is 3. The van der Waals surface area contributed by atoms with Gasteiger partial charge in [0.2, 0.25) is 5.95 Å². The molecule has 0 saturated carbocycles. The number of aryl methyl sites for hydroxylation is 1. The summed E-state index contributed by atoms with van der Waals surface area (Å²) in [6.45, 7) is 1.80. The van der Waals surface area contributed by atoms with Crippen molar-refractivity contribution in [1.29, 1.82) is 0 Å². The van der Waals surface area contributed by atoms with Gasteiger partial charge in [-0.2, -0.15) is 0 Å². The predicted molar refractivity (Wildman–Crippen MR) is 54.2 cm³/mol. The van der Waals surface area contributed by atoms with Crippen LogP contribution in [0.4, 0.5) is 11.8 Å². The molecule has 0 saturated heterocycles. The van der Waals surface area contributed by atoms with Gasteiger partial charge in [-0.25, -0.2) is 4.98 Å². The molecule has 1 N–H and O–H groups in total. The molecule has 0 atom stereocenters. The summed E-state index contributed by atoms with van der Waals surface area (Å²) in [5.41, 5.74) is -0.202. The largest absolute Gasteiger partial charge is 0.360 e. The molecule has 0 radical (unpaired) electrons. The highest BCUT2D eigenvalue weighted by atomic mass is 16.5. The summed E-state index contributed by atoms with van der Waals surface area (Å²) in [7, 11) is 1.75. The molecular formula is C9H10N4O2. The molecule has 0 fully saturated rings. The second kappa shape index (κ2) is 3.56. The summed E-state index contributed by atoms with van der Waals surface area (Å²) in [6, 6.07) is 3.11. The Morgan fingerprint density at radius 1 is 1.53 bits per heavy atom. The molecule has 15 heavy (non-hydrogen) atoms. The number of nitrogens with zero attached hydrogens (tertiary/aromatic N) is 3. The SMILES string of the molecule is Cc1cc(N(C)c2nccc(=O)[nH]2)no1. The fraction of sp³-hybridized carbons (Fsp3) is 0.222. The van der Waals surface area contributed by atoms with Gasteiger partial charge in [0.25, 0.3) is 5.56 Å². The van der Waals surface area contributed by atoms with E-state index in [2.05, 4.69) is 15.1 Å². The average molecular weight is 206 g/mol. The van der Waals surface area contributed by atoms with Crippen LogP contribution in [0, 0.1) is 6.92 Å². The minimum absolute atomic E-state index is 0.202. The second-order valence-electron chi connectivity index (χ2n) is 3.11. The van der Waals surface area contributed by atoms with Crippen molar-refractivity contribution in [2.24, 2.45) is 0 Å². The van der Waals surface area contributed by atoms with E-state index in [1.165, 1.54) is 12.3 Å². The van der Waals surface area contributed by atoms with Gasteiger partial charge >= 0.3 is 0 Å². The summed E-state index contributed by atoms with van der Waals surface area (Å²) < 4.78 is 4.93. The smallest absolute Gasteiger partial charge is 0.252 e. The first kappa shape index (κ1) is 9.45. The summed E-state index contributed by atoms with van der Waals surface area (Å²) in [4.78, 5) is 19.3. The summed E-state index contributed by atoms with van der Waals surface area (Å²) in [5.74, 6) is 1.73. The van der Waals surface area contributed by atoms with Crippen LogP contribution in [-0.2, 0) is 0 Å². The zero-order valence-electron chi connectivity index (χ0n) is 8.39. The van der Waals surface area contributed by atoms with E-state index >= 15 is 0 Å². The van der Waals surface area contributed by atoms with E-state index in [-0.39, 0.29) is 5.56 Å². The Morgan fingerprint density at radius 2 is 2.33 bits per heavy atom. The van der Waals surface area contributed by atoms with E-state index in [0.29, 0.717) is 17.5 Å². The zero-order valence-corrected chi connectivity index (χ0v) is 8.39. The van der Waals surface area contributed by atoms with Crippen molar-refractivity contribution in [3.05, 3.63) is 34.4 Å². The number of H-pyrrole nitrogens is 1. The van der Waals surface area contributed by atoms with Crippen LogP contribution < -0.4 is 10.5 Å². The molecule has 0 aliphatic heterocycles. The van der Waals surface area contributed by atoms with Gasteiger partial charge in [0.05, 0.1) is 0 Å². The van der Waals surface area contributed by atoms with Crippen LogP contribution in [0.15, 0.2) is 27.6 Å². The van der Waals surface area contributed by atoms with Crippen molar-refractivity contribution in [3.8, 4) is 0 Å². The third-order valence-electron chi connectivity index (χ3n) is 1.93. The molecule has 0 bridgehead atoms. The van der Waals surface area contributed by atoms with E-state index in [0.717, 1.165) is 0 Å². The molecule has 2 heterocycles. The zero-order chi connectivity index (χ0) is 10.8. The van der Waals surface area contributed by atoms with Gasteiger partial charge in [0.15, 0.2) is 5.82 Å². The van der Waals surface area contributed by atoms with Crippen LogP contribution in [0.1, 0.15) is 5.76 Å². The number of hydrogen-bond acceptors (Lipinski definition) is 5. The van der Waals surface area contributed by atoms with Crippen molar-refractivity contribution in [3.63, 3.8) is 0 Å². The third kappa shape index (κ3) is 1.88. The summed E-state index contributed by atoms with van der Waals surface area (Å²) >= 11 is 0. The van der Waals surface area contributed by atoms with Crippen LogP contribution in [0.3, 0.4) is 0 Å². The molecule has 0 aromatic carbocycles. The molecular weight excluding hydrogens is 196 g/mol. The van der Waals surface area contributed by atoms with Crippen molar-refractivity contribution in [1.82, 2.24) is 15.1 Å². The quantitative estimate of drug-likeness (QED) is 0.787. The van der Waals surface area contributed by atoms with E-state index in [9.17, 15) is 4.79 Å². The third-order valence-corrected chi connectivity index (χ3v) is 1.93. The lowest BCUT2D eigenvalue weighted by Gasteiger charge is -2.12. The maximum atomic E-state index is 11.1. The van der Waals surface area contributed by atoms with Gasteiger partial charge in [-0.05, 0) is 6.92 Å². The fourth-order valence-electron chi connectivity index (χ4n) is 1.15. The topological polar surface area (TPSA) is 75.0 Å². The number of nitrogens with one attached hydrogen (secondary N) is 1. The molecule has 0 aliphatic rings. The molecule has 2 aromatic heterocycles. The van der Waals surface area contributed by atoms with Crippen molar-refractivity contribution < 1.29 is 4.52 Å². The van der Waals surface area contributed by atoms with Crippen LogP contribution in [0.5, 0.6) is 0 Å². The highest BCUT2D eigenvalue weighted by molar-refractivity contribution is 5.50. The first-order chi connectivity index (χ1) is 7.16. The maximum absolute atomic E-state index is 11.1. The van der Waals surface area contributed by atoms with Crippen LogP contribution in [0.2, 0.25) is 0 Å². The minimum Gasteiger partial charge on any atom is -0.360 e. The Balaban J connectivity index is 2.36. The lowest BCUT2D eigenvalue weighted by molar-refractivity contribution is 0.398. The molecule has 6 heteroatoms. The van der Waals surface area contributed by atoms with E-state index < -0.39 is 0 Å². The van der Waals surface area contributed by atoms with Crippen molar-refractivity contribution in [2.45, 2.75) is 6.92 Å². The Kier molecular flexibility index (Phi) is 2.24. The Labute approximate surface area is 85.5 Å². The standard InChI is InChI=1S/C9H10N4O2/c1-6-5-7(12-15-6)13(2)9-10-4-3-8(14)11-9/h3-5H,1-2H3,(H,10,11,14). The normalized spacial score (nSPS) is 10.3. The van der Waals surface area contributed by atoms with E-state index in [1.807, 2.05) is 0 Å². The second-order valence-corrected chi connectivity index (χ2v) is 3.11. The summed E-state index contributed by atoms with van der Waals surface area (Å²) in [5, 5.41) is 3.81. The minimum atomic E-state index is -0.202. The van der Waals surface area contributed by atoms with Gasteiger partial charge < -0.3 is 4.52 Å². The van der Waals surface area contributed by atoms with Gasteiger partial charge in [-0.15, -0.1) is 0 Å². The molecule has 0 spiro atoms. The predicted octanol–water partition coefficient (Wildman–Crippen LogP) is 0.834. The number of aromatic amines is 1. The first-order valence-corrected chi connectivity index (χ1v) is 4.39. The van der Waals surface area contributed by atoms with Crippen LogP contribution >= 0.6 is 0 Å². The molecule has 0 aliphatic carbocycles. The highest BCUT2D eigenvalue weighted by Crippen LogP contribution is 2.17. The maximum Gasteiger partial charge on any atom is 0.252 e. The molecule has 2 aromatic rings. The number of rotatable bonds is 2. The van der Waals surface area contributed by atoms with Gasteiger partial charge in [0, 0.05) is 25.4 Å². The van der Waals surface area contributed by atoms with E-state index in [4.69, 9.17) is 4.52 Å². The Hall–Kier alpha value is -2.11. The first-order valence-electron chi connectivity index (χ1n) is 4.39. The number of anilines is 2. The molecule has 6 nitrogen and oxygen atoms in total. The molecule has 0 amide bonds. The van der Waals surface area contributed by atoms with Gasteiger partial charge in [-0.1, -0.05) is 5.16 Å². The highest BCUT2D eigenvalue weighted by Gasteiger charge is 2.09. The Bertz CT molecular complexity index is 517. The molecule has 2 rings (SSSR count). The lowest BCUT2D eigenvalue weighted by Crippen LogP contribution is -2.17. The van der Waals surface area contributed by atoms with Crippen LogP contribution in [-0.4, -0.2) is 22.2 Å². The van der Waals surface area contributed by atoms with Crippen molar-refractivity contribution >= 4 is 11.8 Å². The van der Waals surface area contributed by atoms with Gasteiger partial charge in [0.1, 0.15) is 5.76 Å². The average Bonchev–Trinajstić information content (AvgIpc) is 2.64. The number of hydrogen-bond donors (Lipinski definition) is 1. The fourth-order valence-corrected chi connectivity index (χ4v) is 1.15. The monoisotopic (exact) mass is 206 g/mol.